The fraction of sp³-hybridized carbons (Fsp3) is 0.167. The number of anilines is 1. The quantitative estimate of drug-likeness (QED) is 0.921. The third-order valence-electron chi connectivity index (χ3n) is 2.49. The number of aromatic nitrogens is 2. The van der Waals surface area contributed by atoms with Gasteiger partial charge in [-0.15, -0.1) is 0 Å². The van der Waals surface area contributed by atoms with Crippen molar-refractivity contribution in [3.8, 4) is 0 Å². The second kappa shape index (κ2) is 4.71. The molecule has 2 heterocycles. The Bertz CT molecular complexity index is 607. The van der Waals surface area contributed by atoms with Crippen molar-refractivity contribution in [1.82, 2.24) is 9.55 Å². The lowest BCUT2D eigenvalue weighted by Crippen LogP contribution is -2.20. The number of aryl methyl sites for hydroxylation is 1. The minimum atomic E-state index is -0.0586. The third kappa shape index (κ3) is 2.74. The first-order chi connectivity index (χ1) is 8.06. The summed E-state index contributed by atoms with van der Waals surface area (Å²) in [6, 6.07) is 3.47. The largest absolute Gasteiger partial charge is 0.397 e. The van der Waals surface area contributed by atoms with Crippen molar-refractivity contribution in [2.24, 2.45) is 0 Å². The Morgan fingerprint density at radius 2 is 2.18 bits per heavy atom. The molecule has 0 aliphatic carbocycles. The topological polar surface area (TPSA) is 60.9 Å². The molecule has 0 saturated heterocycles. The van der Waals surface area contributed by atoms with Gasteiger partial charge in [-0.25, -0.2) is 0 Å². The van der Waals surface area contributed by atoms with Crippen LogP contribution in [-0.2, 0) is 6.54 Å². The van der Waals surface area contributed by atoms with Crippen molar-refractivity contribution in [2.75, 3.05) is 5.73 Å². The predicted molar refractivity (Wildman–Crippen MR) is 70.9 cm³/mol. The maximum Gasteiger partial charge on any atom is 0.251 e. The fourth-order valence-corrected chi connectivity index (χ4v) is 1.96. The molecule has 5 heteroatoms. The summed E-state index contributed by atoms with van der Waals surface area (Å²) in [5.74, 6) is 0. The third-order valence-corrected chi connectivity index (χ3v) is 2.92. The van der Waals surface area contributed by atoms with Crippen LogP contribution in [0.1, 0.15) is 11.1 Å². The van der Waals surface area contributed by atoms with E-state index >= 15 is 0 Å². The lowest BCUT2D eigenvalue weighted by Gasteiger charge is -2.08. The molecule has 88 valence electrons. The second-order valence-electron chi connectivity index (χ2n) is 3.89. The summed E-state index contributed by atoms with van der Waals surface area (Å²) in [7, 11) is 0. The van der Waals surface area contributed by atoms with Gasteiger partial charge in [0, 0.05) is 29.1 Å². The Hall–Kier alpha value is -1.62. The highest BCUT2D eigenvalue weighted by atomic mass is 79.9. The van der Waals surface area contributed by atoms with E-state index in [0.29, 0.717) is 12.2 Å². The van der Waals surface area contributed by atoms with Crippen molar-refractivity contribution in [3.05, 3.63) is 56.7 Å². The van der Waals surface area contributed by atoms with Crippen LogP contribution in [0.15, 0.2) is 40.0 Å². The Kier molecular flexibility index (Phi) is 3.28. The zero-order chi connectivity index (χ0) is 12.4. The molecule has 0 aliphatic heterocycles. The summed E-state index contributed by atoms with van der Waals surface area (Å²) < 4.78 is 2.47. The van der Waals surface area contributed by atoms with E-state index in [-0.39, 0.29) is 5.56 Å². The van der Waals surface area contributed by atoms with Gasteiger partial charge in [0.2, 0.25) is 0 Å². The van der Waals surface area contributed by atoms with E-state index in [1.807, 2.05) is 13.0 Å². The maximum atomic E-state index is 11.8. The van der Waals surface area contributed by atoms with Crippen molar-refractivity contribution < 1.29 is 0 Å². The molecule has 0 atom stereocenters. The maximum absolute atomic E-state index is 11.8. The molecule has 0 saturated carbocycles. The van der Waals surface area contributed by atoms with E-state index in [2.05, 4.69) is 20.9 Å². The summed E-state index contributed by atoms with van der Waals surface area (Å²) in [6.07, 6.45) is 5.10. The van der Waals surface area contributed by atoms with E-state index in [1.54, 1.807) is 29.2 Å². The molecule has 4 nitrogen and oxygen atoms in total. The SMILES string of the molecule is Cc1cc(=O)n(Cc2cncc(Br)c2)cc1N. The first-order valence-corrected chi connectivity index (χ1v) is 5.91. The van der Waals surface area contributed by atoms with Crippen molar-refractivity contribution in [2.45, 2.75) is 13.5 Å². The molecule has 0 spiro atoms. The molecule has 2 N–H and O–H groups in total. The van der Waals surface area contributed by atoms with Crippen molar-refractivity contribution >= 4 is 21.6 Å². The van der Waals surface area contributed by atoms with Crippen LogP contribution in [-0.4, -0.2) is 9.55 Å². The van der Waals surface area contributed by atoms with E-state index in [0.717, 1.165) is 15.6 Å². The fourth-order valence-electron chi connectivity index (χ4n) is 1.55. The first-order valence-electron chi connectivity index (χ1n) is 5.12. The average molecular weight is 294 g/mol. The zero-order valence-electron chi connectivity index (χ0n) is 9.35. The van der Waals surface area contributed by atoms with Gasteiger partial charge in [0.25, 0.3) is 5.56 Å². The minimum absolute atomic E-state index is 0.0586. The Morgan fingerprint density at radius 1 is 1.41 bits per heavy atom. The van der Waals surface area contributed by atoms with Gasteiger partial charge >= 0.3 is 0 Å². The van der Waals surface area contributed by atoms with Crippen LogP contribution in [0.4, 0.5) is 5.69 Å². The summed E-state index contributed by atoms with van der Waals surface area (Å²) in [6.45, 7) is 2.29. The van der Waals surface area contributed by atoms with E-state index in [1.165, 1.54) is 0 Å². The lowest BCUT2D eigenvalue weighted by atomic mass is 10.2. The average Bonchev–Trinajstić information content (AvgIpc) is 2.26. The van der Waals surface area contributed by atoms with Gasteiger partial charge in [0.1, 0.15) is 0 Å². The normalized spacial score (nSPS) is 10.5. The second-order valence-corrected chi connectivity index (χ2v) is 4.81. The molecule has 0 aliphatic rings. The molecule has 0 amide bonds. The highest BCUT2D eigenvalue weighted by Gasteiger charge is 2.02. The van der Waals surface area contributed by atoms with Crippen LogP contribution in [0.5, 0.6) is 0 Å². The molecule has 2 rings (SSSR count). The molecular formula is C12H12BrN3O. The molecule has 0 bridgehead atoms. The molecule has 0 fully saturated rings. The van der Waals surface area contributed by atoms with Crippen molar-refractivity contribution in [1.29, 1.82) is 0 Å². The van der Waals surface area contributed by atoms with E-state index < -0.39 is 0 Å². The summed E-state index contributed by atoms with van der Waals surface area (Å²) in [4.78, 5) is 15.8. The Labute approximate surface area is 107 Å². The van der Waals surface area contributed by atoms with Gasteiger partial charge < -0.3 is 10.3 Å². The first kappa shape index (κ1) is 11.9. The number of pyridine rings is 2. The predicted octanol–water partition coefficient (Wildman–Crippen LogP) is 1.94. The summed E-state index contributed by atoms with van der Waals surface area (Å²) >= 11 is 3.35. The minimum Gasteiger partial charge on any atom is -0.397 e. The number of nitrogen functional groups attached to an aromatic ring is 1. The van der Waals surface area contributed by atoms with Crippen LogP contribution in [0.25, 0.3) is 0 Å². The number of nitrogens with zero attached hydrogens (tertiary/aromatic N) is 2. The van der Waals surface area contributed by atoms with Gasteiger partial charge in [-0.3, -0.25) is 9.78 Å². The van der Waals surface area contributed by atoms with E-state index in [4.69, 9.17) is 5.73 Å². The van der Waals surface area contributed by atoms with Crippen LogP contribution >= 0.6 is 15.9 Å². The van der Waals surface area contributed by atoms with Gasteiger partial charge in [0.05, 0.1) is 12.2 Å². The van der Waals surface area contributed by atoms with E-state index in [9.17, 15) is 4.79 Å². The number of hydrogen-bond donors (Lipinski definition) is 1. The van der Waals surface area contributed by atoms with Gasteiger partial charge in [-0.1, -0.05) is 0 Å². The van der Waals surface area contributed by atoms with Gasteiger partial charge in [-0.05, 0) is 40.0 Å². The summed E-state index contributed by atoms with van der Waals surface area (Å²) in [5, 5.41) is 0. The molecule has 2 aromatic heterocycles. The number of hydrogen-bond acceptors (Lipinski definition) is 3. The standard InChI is InChI=1S/C12H12BrN3O/c1-8-2-12(17)16(7-11(8)14)6-9-3-10(13)5-15-4-9/h2-5,7H,6,14H2,1H3. The van der Waals surface area contributed by atoms with Crippen LogP contribution in [0.3, 0.4) is 0 Å². The molecule has 0 aromatic carbocycles. The van der Waals surface area contributed by atoms with Crippen LogP contribution < -0.4 is 11.3 Å². The molecule has 0 radical (unpaired) electrons. The Balaban J connectivity index is 2.37. The number of rotatable bonds is 2. The van der Waals surface area contributed by atoms with Crippen LogP contribution in [0.2, 0.25) is 0 Å². The number of nitrogens with two attached hydrogens (primary N) is 1. The van der Waals surface area contributed by atoms with Crippen LogP contribution in [0, 0.1) is 6.92 Å². The lowest BCUT2D eigenvalue weighted by molar-refractivity contribution is 0.755. The monoisotopic (exact) mass is 293 g/mol. The smallest absolute Gasteiger partial charge is 0.251 e. The molecular weight excluding hydrogens is 282 g/mol. The molecule has 0 unspecified atom stereocenters. The summed E-state index contributed by atoms with van der Waals surface area (Å²) in [5.41, 5.74) is 8.10. The highest BCUT2D eigenvalue weighted by Crippen LogP contribution is 2.11. The van der Waals surface area contributed by atoms with Gasteiger partial charge in [0.15, 0.2) is 0 Å². The zero-order valence-corrected chi connectivity index (χ0v) is 10.9. The van der Waals surface area contributed by atoms with Gasteiger partial charge in [-0.2, -0.15) is 0 Å². The molecule has 17 heavy (non-hydrogen) atoms. The number of halogens is 1. The highest BCUT2D eigenvalue weighted by molar-refractivity contribution is 9.10. The Morgan fingerprint density at radius 3 is 2.88 bits per heavy atom. The van der Waals surface area contributed by atoms with Crippen molar-refractivity contribution in [3.63, 3.8) is 0 Å². The molecule has 2 aromatic rings.